The first-order valence-electron chi connectivity index (χ1n) is 7.32. The maximum atomic E-state index is 12.6. The number of nitrogens with zero attached hydrogens (tertiary/aromatic N) is 2. The third-order valence-electron chi connectivity index (χ3n) is 3.67. The first kappa shape index (κ1) is 15.5. The van der Waals surface area contributed by atoms with E-state index >= 15 is 0 Å². The molecule has 0 aliphatic carbocycles. The highest BCUT2D eigenvalue weighted by molar-refractivity contribution is 5.94. The fourth-order valence-electron chi connectivity index (χ4n) is 2.66. The first-order chi connectivity index (χ1) is 10.3. The lowest BCUT2D eigenvalue weighted by Crippen LogP contribution is -2.44. The summed E-state index contributed by atoms with van der Waals surface area (Å²) in [4.78, 5) is 18.6. The lowest BCUT2D eigenvalue weighted by Gasteiger charge is -2.35. The van der Waals surface area contributed by atoms with Gasteiger partial charge in [0.25, 0.3) is 5.91 Å². The van der Waals surface area contributed by atoms with Crippen molar-refractivity contribution in [3.63, 3.8) is 0 Å². The van der Waals surface area contributed by atoms with E-state index in [1.165, 1.54) is 0 Å². The van der Waals surface area contributed by atoms with E-state index in [-0.39, 0.29) is 25.1 Å². The van der Waals surface area contributed by atoms with Crippen LogP contribution in [0.5, 0.6) is 0 Å². The zero-order chi connectivity index (χ0) is 15.1. The monoisotopic (exact) mass is 287 g/mol. The number of aliphatic hydroxyl groups excluding tert-OH is 1. The van der Waals surface area contributed by atoms with Crippen LogP contribution in [-0.4, -0.2) is 46.6 Å². The van der Waals surface area contributed by atoms with Crippen LogP contribution in [0.25, 0.3) is 0 Å². The lowest BCUT2D eigenvalue weighted by atomic mass is 9.98. The molecular formula is C16H21N3O2. The molecule has 5 heteroatoms. The largest absolute Gasteiger partial charge is 0.396 e. The molecule has 2 rings (SSSR count). The SMILES string of the molecule is NCC#Cc1cncc(C(=O)N2CCCCC2CCO)c1. The molecule has 21 heavy (non-hydrogen) atoms. The summed E-state index contributed by atoms with van der Waals surface area (Å²) >= 11 is 0. The number of hydrogen-bond donors (Lipinski definition) is 2. The van der Waals surface area contributed by atoms with E-state index in [4.69, 9.17) is 10.8 Å². The van der Waals surface area contributed by atoms with Crippen molar-refractivity contribution in [2.24, 2.45) is 5.73 Å². The van der Waals surface area contributed by atoms with Gasteiger partial charge in [0.2, 0.25) is 0 Å². The number of aromatic nitrogens is 1. The molecule has 2 heterocycles. The van der Waals surface area contributed by atoms with Crippen LogP contribution in [0.4, 0.5) is 0 Å². The molecule has 0 bridgehead atoms. The average molecular weight is 287 g/mol. The van der Waals surface area contributed by atoms with E-state index in [1.807, 2.05) is 4.90 Å². The highest BCUT2D eigenvalue weighted by Gasteiger charge is 2.27. The maximum Gasteiger partial charge on any atom is 0.255 e. The quantitative estimate of drug-likeness (QED) is 0.805. The Hall–Kier alpha value is -1.90. The maximum absolute atomic E-state index is 12.6. The predicted molar refractivity (Wildman–Crippen MR) is 80.5 cm³/mol. The lowest BCUT2D eigenvalue weighted by molar-refractivity contribution is 0.0574. The first-order valence-corrected chi connectivity index (χ1v) is 7.32. The molecule has 1 aromatic rings. The zero-order valence-electron chi connectivity index (χ0n) is 12.1. The fourth-order valence-corrected chi connectivity index (χ4v) is 2.66. The van der Waals surface area contributed by atoms with Gasteiger partial charge >= 0.3 is 0 Å². The number of aliphatic hydroxyl groups is 1. The number of carbonyl (C=O) groups excluding carboxylic acids is 1. The smallest absolute Gasteiger partial charge is 0.255 e. The number of carbonyl (C=O) groups is 1. The van der Waals surface area contributed by atoms with Crippen LogP contribution in [-0.2, 0) is 0 Å². The Balaban J connectivity index is 2.17. The molecule has 5 nitrogen and oxygen atoms in total. The Morgan fingerprint density at radius 2 is 2.33 bits per heavy atom. The number of rotatable bonds is 3. The predicted octanol–water partition coefficient (Wildman–Crippen LogP) is 0.769. The highest BCUT2D eigenvalue weighted by atomic mass is 16.3. The minimum Gasteiger partial charge on any atom is -0.396 e. The number of likely N-dealkylation sites (tertiary alicyclic amines) is 1. The van der Waals surface area contributed by atoms with Gasteiger partial charge in [-0.2, -0.15) is 0 Å². The Kier molecular flexibility index (Phi) is 5.73. The molecule has 1 amide bonds. The van der Waals surface area contributed by atoms with E-state index in [9.17, 15) is 4.79 Å². The molecule has 1 saturated heterocycles. The fraction of sp³-hybridized carbons (Fsp3) is 0.500. The number of pyridine rings is 1. The second kappa shape index (κ2) is 7.77. The van der Waals surface area contributed by atoms with Crippen LogP contribution in [0.3, 0.4) is 0 Å². The molecule has 112 valence electrons. The third kappa shape index (κ3) is 4.03. The van der Waals surface area contributed by atoms with Crippen molar-refractivity contribution >= 4 is 5.91 Å². The number of amides is 1. The minimum atomic E-state index is -0.0305. The van der Waals surface area contributed by atoms with Crippen molar-refractivity contribution in [2.75, 3.05) is 19.7 Å². The van der Waals surface area contributed by atoms with Crippen molar-refractivity contribution in [1.82, 2.24) is 9.88 Å². The average Bonchev–Trinajstić information content (AvgIpc) is 2.53. The van der Waals surface area contributed by atoms with Crippen LogP contribution in [0.1, 0.15) is 41.6 Å². The van der Waals surface area contributed by atoms with Gasteiger partial charge in [0.15, 0.2) is 0 Å². The van der Waals surface area contributed by atoms with Gasteiger partial charge in [0, 0.05) is 37.2 Å². The van der Waals surface area contributed by atoms with Crippen LogP contribution in [0, 0.1) is 11.8 Å². The number of hydrogen-bond acceptors (Lipinski definition) is 4. The zero-order valence-corrected chi connectivity index (χ0v) is 12.1. The third-order valence-corrected chi connectivity index (χ3v) is 3.67. The molecule has 1 aliphatic heterocycles. The van der Waals surface area contributed by atoms with Gasteiger partial charge in [0.05, 0.1) is 12.1 Å². The standard InChI is InChI=1S/C16H21N3O2/c17-7-3-4-13-10-14(12-18-11-13)16(21)19-8-2-1-5-15(19)6-9-20/h10-12,15,20H,1-2,5-9,17H2. The highest BCUT2D eigenvalue weighted by Crippen LogP contribution is 2.21. The number of nitrogens with two attached hydrogens (primary N) is 1. The Labute approximate surface area is 125 Å². The summed E-state index contributed by atoms with van der Waals surface area (Å²) in [5.41, 5.74) is 6.59. The molecule has 1 atom stereocenters. The van der Waals surface area contributed by atoms with Gasteiger partial charge in [-0.25, -0.2) is 0 Å². The van der Waals surface area contributed by atoms with Crippen molar-refractivity contribution < 1.29 is 9.90 Å². The van der Waals surface area contributed by atoms with Crippen LogP contribution in [0.2, 0.25) is 0 Å². The Morgan fingerprint density at radius 3 is 3.10 bits per heavy atom. The van der Waals surface area contributed by atoms with Crippen molar-refractivity contribution in [2.45, 2.75) is 31.7 Å². The normalized spacial score (nSPS) is 18.0. The summed E-state index contributed by atoms with van der Waals surface area (Å²) in [6, 6.07) is 1.87. The van der Waals surface area contributed by atoms with E-state index in [0.717, 1.165) is 25.8 Å². The summed E-state index contributed by atoms with van der Waals surface area (Å²) in [6.45, 7) is 1.12. The summed E-state index contributed by atoms with van der Waals surface area (Å²) in [7, 11) is 0. The van der Waals surface area contributed by atoms with Crippen molar-refractivity contribution in [1.29, 1.82) is 0 Å². The number of piperidine rings is 1. The Bertz CT molecular complexity index is 546. The van der Waals surface area contributed by atoms with Crippen molar-refractivity contribution in [3.05, 3.63) is 29.6 Å². The van der Waals surface area contributed by atoms with E-state index in [2.05, 4.69) is 16.8 Å². The van der Waals surface area contributed by atoms with Gasteiger partial charge in [-0.15, -0.1) is 0 Å². The van der Waals surface area contributed by atoms with Gasteiger partial charge in [0.1, 0.15) is 0 Å². The molecule has 0 aromatic carbocycles. The van der Waals surface area contributed by atoms with Gasteiger partial charge in [-0.05, 0) is 31.7 Å². The second-order valence-corrected chi connectivity index (χ2v) is 5.13. The van der Waals surface area contributed by atoms with Crippen LogP contribution >= 0.6 is 0 Å². The summed E-state index contributed by atoms with van der Waals surface area (Å²) < 4.78 is 0. The van der Waals surface area contributed by atoms with Gasteiger partial charge < -0.3 is 15.7 Å². The molecular weight excluding hydrogens is 266 g/mol. The van der Waals surface area contributed by atoms with Gasteiger partial charge in [-0.3, -0.25) is 9.78 Å². The topological polar surface area (TPSA) is 79.5 Å². The molecule has 1 fully saturated rings. The van der Waals surface area contributed by atoms with E-state index in [1.54, 1.807) is 18.5 Å². The minimum absolute atomic E-state index is 0.0305. The van der Waals surface area contributed by atoms with Gasteiger partial charge in [-0.1, -0.05) is 11.8 Å². The second-order valence-electron chi connectivity index (χ2n) is 5.13. The van der Waals surface area contributed by atoms with Crippen molar-refractivity contribution in [3.8, 4) is 11.8 Å². The molecule has 3 N–H and O–H groups in total. The van der Waals surface area contributed by atoms with Crippen LogP contribution < -0.4 is 5.73 Å². The molecule has 0 saturated carbocycles. The molecule has 1 unspecified atom stereocenters. The Morgan fingerprint density at radius 1 is 1.48 bits per heavy atom. The van der Waals surface area contributed by atoms with Crippen LogP contribution in [0.15, 0.2) is 18.5 Å². The summed E-state index contributed by atoms with van der Waals surface area (Å²) in [5.74, 6) is 5.62. The summed E-state index contributed by atoms with van der Waals surface area (Å²) in [5, 5.41) is 9.15. The molecule has 1 aromatic heterocycles. The molecule has 0 radical (unpaired) electrons. The molecule has 1 aliphatic rings. The van der Waals surface area contributed by atoms with E-state index < -0.39 is 0 Å². The summed E-state index contributed by atoms with van der Waals surface area (Å²) in [6.07, 6.45) is 6.89. The van der Waals surface area contributed by atoms with E-state index in [0.29, 0.717) is 17.5 Å². The molecule has 0 spiro atoms.